The molecule has 0 atom stereocenters. The number of benzene rings is 1. The van der Waals surface area contributed by atoms with Gasteiger partial charge in [-0.05, 0) is 24.9 Å². The van der Waals surface area contributed by atoms with Crippen molar-refractivity contribution in [3.8, 4) is 0 Å². The van der Waals surface area contributed by atoms with Crippen LogP contribution in [0.25, 0.3) is 0 Å². The van der Waals surface area contributed by atoms with Gasteiger partial charge in [-0.15, -0.1) is 0 Å². The van der Waals surface area contributed by atoms with Crippen LogP contribution in [0, 0.1) is 0 Å². The zero-order chi connectivity index (χ0) is 13.9. The number of hydrogen-bond acceptors (Lipinski definition) is 4. The topological polar surface area (TPSA) is 78.6 Å². The summed E-state index contributed by atoms with van der Waals surface area (Å²) in [5.74, 6) is 4.89. The van der Waals surface area contributed by atoms with Crippen molar-refractivity contribution in [1.29, 1.82) is 0 Å². The van der Waals surface area contributed by atoms with Crippen molar-refractivity contribution < 1.29 is 9.90 Å². The third-order valence-corrected chi connectivity index (χ3v) is 2.95. The van der Waals surface area contributed by atoms with Crippen LogP contribution in [0.3, 0.4) is 0 Å². The molecule has 0 saturated heterocycles. The van der Waals surface area contributed by atoms with Crippen molar-refractivity contribution in [2.45, 2.75) is 25.8 Å². The number of hydrazine groups is 1. The van der Waals surface area contributed by atoms with Crippen molar-refractivity contribution in [2.24, 2.45) is 5.84 Å². The van der Waals surface area contributed by atoms with E-state index in [1.807, 2.05) is 18.2 Å². The van der Waals surface area contributed by atoms with Gasteiger partial charge in [-0.3, -0.25) is 15.1 Å². The average Bonchev–Trinajstić information content (AvgIpc) is 2.44. The van der Waals surface area contributed by atoms with E-state index in [0.717, 1.165) is 25.9 Å². The number of rotatable bonds is 9. The molecule has 4 N–H and O–H groups in total. The number of nitrogens with zero attached hydrogens (tertiary/aromatic N) is 1. The Hall–Kier alpha value is -1.43. The Morgan fingerprint density at radius 1 is 1.21 bits per heavy atom. The van der Waals surface area contributed by atoms with Gasteiger partial charge in [0.25, 0.3) is 0 Å². The summed E-state index contributed by atoms with van der Waals surface area (Å²) in [6.07, 6.45) is 2.18. The summed E-state index contributed by atoms with van der Waals surface area (Å²) < 4.78 is 0. The third-order valence-electron chi connectivity index (χ3n) is 2.95. The Bertz CT molecular complexity index is 357. The number of amides is 1. The third kappa shape index (κ3) is 6.91. The van der Waals surface area contributed by atoms with Crippen LogP contribution in [-0.2, 0) is 11.3 Å². The monoisotopic (exact) mass is 265 g/mol. The van der Waals surface area contributed by atoms with Crippen LogP contribution >= 0.6 is 0 Å². The molecular formula is C14H23N3O2. The van der Waals surface area contributed by atoms with E-state index >= 15 is 0 Å². The lowest BCUT2D eigenvalue weighted by atomic mass is 10.2. The van der Waals surface area contributed by atoms with Gasteiger partial charge in [0, 0.05) is 19.5 Å². The maximum absolute atomic E-state index is 11.0. The molecule has 19 heavy (non-hydrogen) atoms. The van der Waals surface area contributed by atoms with Gasteiger partial charge in [0.1, 0.15) is 0 Å². The zero-order valence-corrected chi connectivity index (χ0v) is 11.2. The first kappa shape index (κ1) is 15.6. The smallest absolute Gasteiger partial charge is 0.233 e. The van der Waals surface area contributed by atoms with E-state index in [2.05, 4.69) is 22.5 Å². The maximum Gasteiger partial charge on any atom is 0.233 e. The SMILES string of the molecule is NNC(=O)CCCCN(CCO)Cc1ccccc1. The highest BCUT2D eigenvalue weighted by molar-refractivity contribution is 5.75. The first-order chi connectivity index (χ1) is 9.26. The van der Waals surface area contributed by atoms with Gasteiger partial charge >= 0.3 is 0 Å². The fourth-order valence-corrected chi connectivity index (χ4v) is 1.95. The Kier molecular flexibility index (Phi) is 7.81. The van der Waals surface area contributed by atoms with E-state index in [1.165, 1.54) is 5.56 Å². The summed E-state index contributed by atoms with van der Waals surface area (Å²) in [5.41, 5.74) is 3.36. The molecule has 0 aliphatic heterocycles. The molecule has 0 bridgehead atoms. The fraction of sp³-hybridized carbons (Fsp3) is 0.500. The standard InChI is InChI=1S/C14H23N3O2/c15-16-14(19)8-4-5-9-17(10-11-18)12-13-6-2-1-3-7-13/h1-3,6-7,18H,4-5,8-12,15H2,(H,16,19). The molecule has 0 unspecified atom stereocenters. The van der Waals surface area contributed by atoms with Gasteiger partial charge in [0.2, 0.25) is 5.91 Å². The summed E-state index contributed by atoms with van der Waals surface area (Å²) in [6.45, 7) is 2.49. The second-order valence-corrected chi connectivity index (χ2v) is 4.51. The van der Waals surface area contributed by atoms with E-state index in [1.54, 1.807) is 0 Å². The second kappa shape index (κ2) is 9.49. The lowest BCUT2D eigenvalue weighted by Crippen LogP contribution is -2.30. The zero-order valence-electron chi connectivity index (χ0n) is 11.2. The summed E-state index contributed by atoms with van der Waals surface area (Å²) in [7, 11) is 0. The number of aliphatic hydroxyl groups is 1. The number of nitrogens with two attached hydrogens (primary N) is 1. The number of aliphatic hydroxyl groups excluding tert-OH is 1. The average molecular weight is 265 g/mol. The molecule has 1 amide bonds. The predicted molar refractivity (Wildman–Crippen MR) is 75.0 cm³/mol. The Labute approximate surface area is 114 Å². The highest BCUT2D eigenvalue weighted by atomic mass is 16.3. The lowest BCUT2D eigenvalue weighted by molar-refractivity contribution is -0.121. The summed E-state index contributed by atoms with van der Waals surface area (Å²) in [4.78, 5) is 13.2. The molecule has 0 aliphatic carbocycles. The van der Waals surface area contributed by atoms with E-state index in [9.17, 15) is 4.79 Å². The van der Waals surface area contributed by atoms with Crippen LogP contribution in [-0.4, -0.2) is 35.6 Å². The molecule has 5 heteroatoms. The largest absolute Gasteiger partial charge is 0.395 e. The second-order valence-electron chi connectivity index (χ2n) is 4.51. The van der Waals surface area contributed by atoms with Gasteiger partial charge in [-0.2, -0.15) is 0 Å². The van der Waals surface area contributed by atoms with E-state index in [-0.39, 0.29) is 12.5 Å². The Morgan fingerprint density at radius 2 is 1.95 bits per heavy atom. The minimum absolute atomic E-state index is 0.128. The van der Waals surface area contributed by atoms with Gasteiger partial charge < -0.3 is 5.11 Å². The van der Waals surface area contributed by atoms with E-state index in [4.69, 9.17) is 10.9 Å². The van der Waals surface area contributed by atoms with Crippen molar-refractivity contribution >= 4 is 5.91 Å². The molecule has 0 heterocycles. The van der Waals surface area contributed by atoms with Crippen LogP contribution in [0.5, 0.6) is 0 Å². The molecule has 106 valence electrons. The molecule has 0 aromatic heterocycles. The fourth-order valence-electron chi connectivity index (χ4n) is 1.95. The van der Waals surface area contributed by atoms with Crippen molar-refractivity contribution in [3.05, 3.63) is 35.9 Å². The van der Waals surface area contributed by atoms with Crippen molar-refractivity contribution in [2.75, 3.05) is 19.7 Å². The molecule has 0 aliphatic rings. The van der Waals surface area contributed by atoms with Crippen LogP contribution < -0.4 is 11.3 Å². The molecule has 0 fully saturated rings. The first-order valence-electron chi connectivity index (χ1n) is 6.63. The Balaban J connectivity index is 2.30. The van der Waals surface area contributed by atoms with Crippen LogP contribution in [0.1, 0.15) is 24.8 Å². The van der Waals surface area contributed by atoms with Gasteiger partial charge in [-0.25, -0.2) is 5.84 Å². The minimum atomic E-state index is -0.128. The maximum atomic E-state index is 11.0. The van der Waals surface area contributed by atoms with E-state index < -0.39 is 0 Å². The number of carbonyl (C=O) groups excluding carboxylic acids is 1. The predicted octanol–water partition coefficient (Wildman–Crippen LogP) is 0.641. The lowest BCUT2D eigenvalue weighted by Gasteiger charge is -2.21. The molecule has 5 nitrogen and oxygen atoms in total. The number of nitrogens with one attached hydrogen (secondary N) is 1. The van der Waals surface area contributed by atoms with Gasteiger partial charge in [0.05, 0.1) is 6.61 Å². The minimum Gasteiger partial charge on any atom is -0.395 e. The molecule has 0 radical (unpaired) electrons. The number of unbranched alkanes of at least 4 members (excludes halogenated alkanes) is 1. The van der Waals surface area contributed by atoms with Gasteiger partial charge in [0.15, 0.2) is 0 Å². The molecule has 1 aromatic carbocycles. The molecule has 1 rings (SSSR count). The normalized spacial score (nSPS) is 10.7. The molecular weight excluding hydrogens is 242 g/mol. The highest BCUT2D eigenvalue weighted by Crippen LogP contribution is 2.06. The number of hydrogen-bond donors (Lipinski definition) is 3. The quantitative estimate of drug-likeness (QED) is 0.265. The Morgan fingerprint density at radius 3 is 2.58 bits per heavy atom. The van der Waals surface area contributed by atoms with Crippen LogP contribution in [0.4, 0.5) is 0 Å². The van der Waals surface area contributed by atoms with Crippen LogP contribution in [0.2, 0.25) is 0 Å². The van der Waals surface area contributed by atoms with Gasteiger partial charge in [-0.1, -0.05) is 30.3 Å². The van der Waals surface area contributed by atoms with Crippen molar-refractivity contribution in [1.82, 2.24) is 10.3 Å². The molecule has 1 aromatic rings. The van der Waals surface area contributed by atoms with Crippen LogP contribution in [0.15, 0.2) is 30.3 Å². The molecule has 0 saturated carbocycles. The highest BCUT2D eigenvalue weighted by Gasteiger charge is 2.06. The van der Waals surface area contributed by atoms with E-state index in [0.29, 0.717) is 13.0 Å². The summed E-state index contributed by atoms with van der Waals surface area (Å²) in [6, 6.07) is 10.2. The molecule has 0 spiro atoms. The first-order valence-corrected chi connectivity index (χ1v) is 6.63. The van der Waals surface area contributed by atoms with Crippen molar-refractivity contribution in [3.63, 3.8) is 0 Å². The summed E-state index contributed by atoms with van der Waals surface area (Å²) >= 11 is 0. The summed E-state index contributed by atoms with van der Waals surface area (Å²) in [5, 5.41) is 9.08. The number of carbonyl (C=O) groups is 1.